The molecule has 0 fully saturated rings. The van der Waals surface area contributed by atoms with Crippen molar-refractivity contribution in [3.05, 3.63) is 105 Å². The summed E-state index contributed by atoms with van der Waals surface area (Å²) in [5.41, 5.74) is 0.620. The average molecular weight is 512 g/mol. The predicted octanol–water partition coefficient (Wildman–Crippen LogP) is 7.43. The third-order valence-electron chi connectivity index (χ3n) is 4.35. The Kier molecular flexibility index (Phi) is 5.97. The Morgan fingerprint density at radius 2 is 1.69 bits per heavy atom. The van der Waals surface area contributed by atoms with Crippen molar-refractivity contribution < 1.29 is 13.9 Å². The van der Waals surface area contributed by atoms with Crippen LogP contribution in [0.25, 0.3) is 16.8 Å². The van der Waals surface area contributed by atoms with E-state index in [2.05, 4.69) is 37.9 Å². The molecule has 4 rings (SSSR count). The maximum absolute atomic E-state index is 12.2. The van der Waals surface area contributed by atoms with Crippen molar-refractivity contribution in [2.75, 3.05) is 0 Å². The SMILES string of the molecule is O=C(/C=C/c1ccc(COc2ccc3cc(Br)ccc3c2)o1)c1cccc(Br)c1. The smallest absolute Gasteiger partial charge is 0.186 e. The number of carbonyl (C=O) groups excluding carboxylic acids is 1. The van der Waals surface area contributed by atoms with Crippen molar-refractivity contribution in [2.24, 2.45) is 0 Å². The number of halogens is 2. The van der Waals surface area contributed by atoms with Gasteiger partial charge in [-0.1, -0.05) is 56.1 Å². The van der Waals surface area contributed by atoms with Gasteiger partial charge in [-0.3, -0.25) is 4.79 Å². The van der Waals surface area contributed by atoms with Gasteiger partial charge < -0.3 is 9.15 Å². The van der Waals surface area contributed by atoms with Gasteiger partial charge in [0.15, 0.2) is 5.78 Å². The fourth-order valence-electron chi connectivity index (χ4n) is 2.90. The van der Waals surface area contributed by atoms with Crippen molar-refractivity contribution in [3.8, 4) is 5.75 Å². The lowest BCUT2D eigenvalue weighted by molar-refractivity contribution is 0.104. The summed E-state index contributed by atoms with van der Waals surface area (Å²) >= 11 is 6.85. The Bertz CT molecular complexity index is 1210. The number of hydrogen-bond acceptors (Lipinski definition) is 3. The van der Waals surface area contributed by atoms with Crippen molar-refractivity contribution >= 4 is 54.5 Å². The summed E-state index contributed by atoms with van der Waals surface area (Å²) in [4.78, 5) is 12.2. The number of carbonyl (C=O) groups is 1. The molecule has 144 valence electrons. The molecule has 0 aliphatic rings. The molecular weight excluding hydrogens is 496 g/mol. The van der Waals surface area contributed by atoms with Crippen LogP contribution in [0.4, 0.5) is 0 Å². The Hall–Kier alpha value is -2.63. The van der Waals surface area contributed by atoms with Gasteiger partial charge in [0.05, 0.1) is 0 Å². The Labute approximate surface area is 185 Å². The summed E-state index contributed by atoms with van der Waals surface area (Å²) in [5.74, 6) is 1.99. The summed E-state index contributed by atoms with van der Waals surface area (Å²) in [5, 5.41) is 2.26. The van der Waals surface area contributed by atoms with Crippen LogP contribution in [0.2, 0.25) is 0 Å². The van der Waals surface area contributed by atoms with Crippen LogP contribution in [0.3, 0.4) is 0 Å². The van der Waals surface area contributed by atoms with E-state index in [9.17, 15) is 4.79 Å². The molecule has 0 bridgehead atoms. The van der Waals surface area contributed by atoms with Gasteiger partial charge in [0.1, 0.15) is 23.9 Å². The number of fused-ring (bicyclic) bond motifs is 1. The van der Waals surface area contributed by atoms with Crippen LogP contribution in [-0.4, -0.2) is 5.78 Å². The minimum absolute atomic E-state index is 0.0803. The zero-order valence-electron chi connectivity index (χ0n) is 15.3. The molecule has 0 saturated heterocycles. The molecule has 3 aromatic carbocycles. The fraction of sp³-hybridized carbons (Fsp3) is 0.0417. The Balaban J connectivity index is 1.39. The quantitative estimate of drug-likeness (QED) is 0.199. The zero-order chi connectivity index (χ0) is 20.2. The van der Waals surface area contributed by atoms with Gasteiger partial charge in [-0.25, -0.2) is 0 Å². The van der Waals surface area contributed by atoms with Crippen LogP contribution in [-0.2, 0) is 6.61 Å². The lowest BCUT2D eigenvalue weighted by Gasteiger charge is -2.06. The van der Waals surface area contributed by atoms with E-state index in [0.29, 0.717) is 23.7 Å². The van der Waals surface area contributed by atoms with Gasteiger partial charge in [0, 0.05) is 14.5 Å². The second kappa shape index (κ2) is 8.80. The third-order valence-corrected chi connectivity index (χ3v) is 5.33. The fourth-order valence-corrected chi connectivity index (χ4v) is 3.67. The minimum atomic E-state index is -0.0803. The number of ketones is 1. The van der Waals surface area contributed by atoms with Gasteiger partial charge in [0.2, 0.25) is 0 Å². The summed E-state index contributed by atoms with van der Waals surface area (Å²) in [7, 11) is 0. The highest BCUT2D eigenvalue weighted by Gasteiger charge is 2.05. The van der Waals surface area contributed by atoms with Gasteiger partial charge in [-0.05, 0) is 71.5 Å². The summed E-state index contributed by atoms with van der Waals surface area (Å²) in [6.45, 7) is 0.315. The van der Waals surface area contributed by atoms with Crippen LogP contribution in [0.15, 0.2) is 92.2 Å². The highest BCUT2D eigenvalue weighted by Crippen LogP contribution is 2.25. The van der Waals surface area contributed by atoms with Crippen molar-refractivity contribution in [1.29, 1.82) is 0 Å². The molecule has 0 N–H and O–H groups in total. The number of furan rings is 1. The molecule has 0 aliphatic carbocycles. The zero-order valence-corrected chi connectivity index (χ0v) is 18.4. The number of ether oxygens (including phenoxy) is 1. The maximum Gasteiger partial charge on any atom is 0.186 e. The average Bonchev–Trinajstić information content (AvgIpc) is 3.18. The first-order valence-electron chi connectivity index (χ1n) is 8.96. The first-order chi connectivity index (χ1) is 14.1. The molecule has 0 saturated carbocycles. The van der Waals surface area contributed by atoms with Crippen molar-refractivity contribution in [3.63, 3.8) is 0 Å². The van der Waals surface area contributed by atoms with Gasteiger partial charge in [-0.15, -0.1) is 0 Å². The minimum Gasteiger partial charge on any atom is -0.486 e. The molecule has 1 heterocycles. The summed E-state index contributed by atoms with van der Waals surface area (Å²) in [6.07, 6.45) is 3.17. The number of rotatable bonds is 6. The van der Waals surface area contributed by atoms with Crippen LogP contribution < -0.4 is 4.74 Å². The molecule has 0 amide bonds. The summed E-state index contributed by atoms with van der Waals surface area (Å²) in [6, 6.07) is 23.0. The first-order valence-corrected chi connectivity index (χ1v) is 10.5. The Morgan fingerprint density at radius 3 is 2.55 bits per heavy atom. The van der Waals surface area contributed by atoms with E-state index in [1.54, 1.807) is 18.2 Å². The largest absolute Gasteiger partial charge is 0.486 e. The van der Waals surface area contributed by atoms with E-state index in [1.165, 1.54) is 6.08 Å². The van der Waals surface area contributed by atoms with E-state index in [0.717, 1.165) is 25.5 Å². The highest BCUT2D eigenvalue weighted by molar-refractivity contribution is 9.10. The molecule has 0 aliphatic heterocycles. The first kappa shape index (κ1) is 19.7. The van der Waals surface area contributed by atoms with Crippen LogP contribution >= 0.6 is 31.9 Å². The van der Waals surface area contributed by atoms with E-state index < -0.39 is 0 Å². The predicted molar refractivity (Wildman–Crippen MR) is 122 cm³/mol. The lowest BCUT2D eigenvalue weighted by atomic mass is 10.1. The van der Waals surface area contributed by atoms with E-state index >= 15 is 0 Å². The molecular formula is C24H16Br2O3. The second-order valence-corrected chi connectivity index (χ2v) is 8.29. The summed E-state index contributed by atoms with van der Waals surface area (Å²) < 4.78 is 13.5. The van der Waals surface area contributed by atoms with Gasteiger partial charge in [0.25, 0.3) is 0 Å². The van der Waals surface area contributed by atoms with E-state index in [1.807, 2.05) is 54.6 Å². The van der Waals surface area contributed by atoms with E-state index in [-0.39, 0.29) is 5.78 Å². The highest BCUT2D eigenvalue weighted by atomic mass is 79.9. The Morgan fingerprint density at radius 1 is 0.897 bits per heavy atom. The normalized spacial score (nSPS) is 11.2. The number of allylic oxidation sites excluding steroid dienone is 1. The molecule has 0 radical (unpaired) electrons. The van der Waals surface area contributed by atoms with Crippen molar-refractivity contribution in [1.82, 2.24) is 0 Å². The van der Waals surface area contributed by atoms with Gasteiger partial charge >= 0.3 is 0 Å². The molecule has 0 atom stereocenters. The monoisotopic (exact) mass is 510 g/mol. The second-order valence-electron chi connectivity index (χ2n) is 6.45. The molecule has 29 heavy (non-hydrogen) atoms. The molecule has 5 heteroatoms. The van der Waals surface area contributed by atoms with Crippen LogP contribution in [0.1, 0.15) is 21.9 Å². The maximum atomic E-state index is 12.2. The van der Waals surface area contributed by atoms with E-state index in [4.69, 9.17) is 9.15 Å². The van der Waals surface area contributed by atoms with Gasteiger partial charge in [-0.2, -0.15) is 0 Å². The molecule has 3 nitrogen and oxygen atoms in total. The number of benzene rings is 3. The molecule has 0 unspecified atom stereocenters. The van der Waals surface area contributed by atoms with Crippen LogP contribution in [0, 0.1) is 0 Å². The third kappa shape index (κ3) is 5.05. The number of hydrogen-bond donors (Lipinski definition) is 0. The van der Waals surface area contributed by atoms with Crippen molar-refractivity contribution in [2.45, 2.75) is 6.61 Å². The molecule has 1 aromatic heterocycles. The molecule has 0 spiro atoms. The standard InChI is InChI=1S/C24H16Br2O3/c25-19-3-1-2-18(13-19)24(27)11-10-21-8-9-23(29-21)15-28-22-7-5-16-12-20(26)6-4-17(16)14-22/h1-14H,15H2/b11-10+. The topological polar surface area (TPSA) is 39.4 Å². The molecule has 4 aromatic rings. The van der Waals surface area contributed by atoms with Crippen LogP contribution in [0.5, 0.6) is 5.75 Å². The lowest BCUT2D eigenvalue weighted by Crippen LogP contribution is -1.94.